The molecule has 0 aromatic heterocycles. The minimum atomic E-state index is -1.01. The maximum absolute atomic E-state index is 13.2. The number of nitrogens with zero attached hydrogens (tertiary/aromatic N) is 1. The lowest BCUT2D eigenvalue weighted by molar-refractivity contribution is -0.167. The van der Waals surface area contributed by atoms with E-state index in [-0.39, 0.29) is 31.4 Å². The van der Waals surface area contributed by atoms with E-state index in [1.807, 2.05) is 31.2 Å². The topological polar surface area (TPSA) is 95.9 Å². The summed E-state index contributed by atoms with van der Waals surface area (Å²) >= 11 is 12.2. The minimum Gasteiger partial charge on any atom is -0.481 e. The number of morpholine rings is 1. The van der Waals surface area contributed by atoms with Crippen molar-refractivity contribution >= 4 is 41.0 Å². The fourth-order valence-electron chi connectivity index (χ4n) is 4.00. The van der Waals surface area contributed by atoms with Gasteiger partial charge in [0.15, 0.2) is 0 Å². The Hall–Kier alpha value is -2.61. The molecule has 0 bridgehead atoms. The Morgan fingerprint density at radius 1 is 1.09 bits per heavy atom. The molecule has 7 nitrogen and oxygen atoms in total. The van der Waals surface area contributed by atoms with E-state index in [1.165, 1.54) is 0 Å². The molecule has 1 saturated heterocycles. The molecule has 0 unspecified atom stereocenters. The fourth-order valence-corrected chi connectivity index (χ4v) is 4.25. The number of halogens is 2. The van der Waals surface area contributed by atoms with E-state index in [9.17, 15) is 14.4 Å². The Labute approximate surface area is 202 Å². The largest absolute Gasteiger partial charge is 0.481 e. The number of carbonyl (C=O) groups excluding carboxylic acids is 2. The number of ether oxygens (including phenoxy) is 1. The molecular weight excluding hydrogens is 467 g/mol. The molecule has 2 aromatic rings. The van der Waals surface area contributed by atoms with Gasteiger partial charge in [-0.3, -0.25) is 14.4 Å². The molecule has 33 heavy (non-hydrogen) atoms. The first-order chi connectivity index (χ1) is 15.8. The summed E-state index contributed by atoms with van der Waals surface area (Å²) in [4.78, 5) is 38.7. The first kappa shape index (κ1) is 25.0. The summed E-state index contributed by atoms with van der Waals surface area (Å²) in [6, 6.07) is 12.9. The zero-order chi connectivity index (χ0) is 24.0. The molecule has 0 radical (unpaired) electrons. The van der Waals surface area contributed by atoms with Gasteiger partial charge in [0.25, 0.3) is 0 Å². The Kier molecular flexibility index (Phi) is 8.72. The van der Waals surface area contributed by atoms with Crippen molar-refractivity contribution in [2.24, 2.45) is 0 Å². The van der Waals surface area contributed by atoms with E-state index in [2.05, 4.69) is 5.32 Å². The molecule has 1 aliphatic heterocycles. The highest BCUT2D eigenvalue weighted by Crippen LogP contribution is 2.42. The molecule has 1 heterocycles. The van der Waals surface area contributed by atoms with Crippen LogP contribution in [-0.4, -0.2) is 47.0 Å². The number of benzene rings is 2. The lowest BCUT2D eigenvalue weighted by Gasteiger charge is -2.45. The van der Waals surface area contributed by atoms with Gasteiger partial charge in [0, 0.05) is 16.6 Å². The van der Waals surface area contributed by atoms with Crippen molar-refractivity contribution < 1.29 is 24.2 Å². The van der Waals surface area contributed by atoms with Crippen LogP contribution < -0.4 is 5.32 Å². The van der Waals surface area contributed by atoms with Crippen LogP contribution in [0.3, 0.4) is 0 Å². The number of hydrogen-bond acceptors (Lipinski definition) is 4. The van der Waals surface area contributed by atoms with E-state index < -0.39 is 24.2 Å². The van der Waals surface area contributed by atoms with Gasteiger partial charge >= 0.3 is 5.97 Å². The molecule has 176 valence electrons. The third-order valence-electron chi connectivity index (χ3n) is 5.51. The average molecular weight is 493 g/mol. The average Bonchev–Trinajstić information content (AvgIpc) is 2.78. The van der Waals surface area contributed by atoms with Crippen LogP contribution in [0, 0.1) is 0 Å². The van der Waals surface area contributed by atoms with E-state index in [1.54, 1.807) is 29.2 Å². The first-order valence-corrected chi connectivity index (χ1v) is 11.5. The predicted molar refractivity (Wildman–Crippen MR) is 125 cm³/mol. The Bertz CT molecular complexity index is 981. The quantitative estimate of drug-likeness (QED) is 0.540. The second kappa shape index (κ2) is 11.5. The smallest absolute Gasteiger partial charge is 0.305 e. The van der Waals surface area contributed by atoms with Crippen molar-refractivity contribution in [2.75, 3.05) is 13.2 Å². The summed E-state index contributed by atoms with van der Waals surface area (Å²) in [5.74, 6) is -1.71. The summed E-state index contributed by atoms with van der Waals surface area (Å²) in [7, 11) is 0. The van der Waals surface area contributed by atoms with Crippen molar-refractivity contribution in [1.82, 2.24) is 10.2 Å². The molecule has 0 saturated carbocycles. The summed E-state index contributed by atoms with van der Waals surface area (Å²) in [5.41, 5.74) is 1.59. The molecule has 1 fully saturated rings. The van der Waals surface area contributed by atoms with Crippen LogP contribution in [0.1, 0.15) is 49.5 Å². The lowest BCUT2D eigenvalue weighted by atomic mass is 9.90. The minimum absolute atomic E-state index is 0.0147. The van der Waals surface area contributed by atoms with Gasteiger partial charge in [-0.1, -0.05) is 60.8 Å². The molecule has 2 aromatic carbocycles. The molecule has 3 atom stereocenters. The van der Waals surface area contributed by atoms with Crippen LogP contribution in [0.25, 0.3) is 0 Å². The Morgan fingerprint density at radius 3 is 2.21 bits per heavy atom. The second-order valence-corrected chi connectivity index (χ2v) is 8.69. The third kappa shape index (κ3) is 6.25. The number of hydrogen-bond donors (Lipinski definition) is 2. The highest BCUT2D eigenvalue weighted by atomic mass is 35.5. The Morgan fingerprint density at radius 2 is 1.67 bits per heavy atom. The van der Waals surface area contributed by atoms with Crippen molar-refractivity contribution in [3.05, 3.63) is 69.7 Å². The molecule has 0 spiro atoms. The van der Waals surface area contributed by atoms with Crippen LogP contribution in [-0.2, 0) is 19.1 Å². The second-order valence-electron chi connectivity index (χ2n) is 7.82. The predicted octanol–water partition coefficient (Wildman–Crippen LogP) is 4.39. The lowest BCUT2D eigenvalue weighted by Crippen LogP contribution is -2.56. The van der Waals surface area contributed by atoms with Crippen LogP contribution in [0.15, 0.2) is 48.5 Å². The Balaban J connectivity index is 2.02. The van der Waals surface area contributed by atoms with Crippen molar-refractivity contribution in [1.29, 1.82) is 0 Å². The molecule has 1 aliphatic rings. The molecule has 9 heteroatoms. The monoisotopic (exact) mass is 492 g/mol. The van der Waals surface area contributed by atoms with Crippen molar-refractivity contribution in [3.63, 3.8) is 0 Å². The maximum atomic E-state index is 13.2. The summed E-state index contributed by atoms with van der Waals surface area (Å²) < 4.78 is 5.99. The van der Waals surface area contributed by atoms with Gasteiger partial charge in [-0.25, -0.2) is 0 Å². The summed E-state index contributed by atoms with van der Waals surface area (Å²) in [6.07, 6.45) is 0.338. The van der Waals surface area contributed by atoms with Crippen molar-refractivity contribution in [3.8, 4) is 0 Å². The highest BCUT2D eigenvalue weighted by Gasteiger charge is 2.44. The number of amides is 2. The van der Waals surface area contributed by atoms with E-state index in [0.29, 0.717) is 22.9 Å². The van der Waals surface area contributed by atoms with Crippen LogP contribution in [0.5, 0.6) is 0 Å². The van der Waals surface area contributed by atoms with Crippen LogP contribution >= 0.6 is 23.2 Å². The summed E-state index contributed by atoms with van der Waals surface area (Å²) in [6.45, 7) is 1.73. The molecule has 0 aliphatic carbocycles. The first-order valence-electron chi connectivity index (χ1n) is 10.7. The zero-order valence-electron chi connectivity index (χ0n) is 18.2. The molecule has 2 N–H and O–H groups in total. The maximum Gasteiger partial charge on any atom is 0.305 e. The normalized spacial score (nSPS) is 19.2. The summed E-state index contributed by atoms with van der Waals surface area (Å²) in [5, 5.41) is 12.7. The number of carbonyl (C=O) groups is 3. The van der Waals surface area contributed by atoms with Gasteiger partial charge in [-0.15, -0.1) is 0 Å². The van der Waals surface area contributed by atoms with Crippen molar-refractivity contribution in [2.45, 2.75) is 44.4 Å². The standard InChI is InChI=1S/C24H26Cl2N2O5/c1-2-3-19(24(32)27-13-12-21(30)31)28-20(29)14-33-23(16-6-10-18(26)11-7-16)22(28)15-4-8-17(25)9-5-15/h4-11,19,22-23H,2-3,12-14H2,1H3,(H,27,32)(H,30,31)/t19-,22-,23+/m0/s1. The molecule has 3 rings (SSSR count). The molecular formula is C24H26Cl2N2O5. The van der Waals surface area contributed by atoms with Crippen LogP contribution in [0.2, 0.25) is 10.0 Å². The number of nitrogens with one attached hydrogen (secondary N) is 1. The van der Waals surface area contributed by atoms with Gasteiger partial charge in [0.2, 0.25) is 11.8 Å². The third-order valence-corrected chi connectivity index (χ3v) is 6.01. The number of carboxylic acid groups (broad SMARTS) is 1. The fraction of sp³-hybridized carbons (Fsp3) is 0.375. The molecule has 2 amide bonds. The van der Waals surface area contributed by atoms with Gasteiger partial charge in [0.1, 0.15) is 18.8 Å². The SMILES string of the molecule is CCC[C@@H](C(=O)NCCC(=O)O)N1C(=O)CO[C@H](c2ccc(Cl)cc2)[C@@H]1c1ccc(Cl)cc1. The van der Waals surface area contributed by atoms with E-state index in [0.717, 1.165) is 11.1 Å². The zero-order valence-corrected chi connectivity index (χ0v) is 19.7. The number of aliphatic carboxylic acids is 1. The van der Waals surface area contributed by atoms with Gasteiger partial charge in [-0.05, 0) is 41.8 Å². The van der Waals surface area contributed by atoms with E-state index in [4.69, 9.17) is 33.0 Å². The van der Waals surface area contributed by atoms with Crippen LogP contribution in [0.4, 0.5) is 0 Å². The van der Waals surface area contributed by atoms with E-state index >= 15 is 0 Å². The number of rotatable bonds is 9. The highest BCUT2D eigenvalue weighted by molar-refractivity contribution is 6.30. The number of carboxylic acids is 1. The van der Waals surface area contributed by atoms with Gasteiger partial charge in [-0.2, -0.15) is 0 Å². The van der Waals surface area contributed by atoms with Gasteiger partial charge < -0.3 is 20.1 Å². The van der Waals surface area contributed by atoms with Gasteiger partial charge in [0.05, 0.1) is 12.5 Å².